The maximum Gasteiger partial charge on any atom is 0.263 e. The lowest BCUT2D eigenvalue weighted by molar-refractivity contribution is 0.415. The molecule has 0 amide bonds. The molecule has 0 spiro atoms. The van der Waals surface area contributed by atoms with Crippen LogP contribution >= 0.6 is 0 Å². The van der Waals surface area contributed by atoms with E-state index in [0.29, 0.717) is 17.0 Å². The lowest BCUT2D eigenvalue weighted by Crippen LogP contribution is -2.12. The number of fused-ring (bicyclic) bond motifs is 1. The fourth-order valence-electron chi connectivity index (χ4n) is 2.21. The van der Waals surface area contributed by atoms with Crippen LogP contribution in [0.3, 0.4) is 0 Å². The van der Waals surface area contributed by atoms with Crippen LogP contribution in [0.5, 0.6) is 5.75 Å². The van der Waals surface area contributed by atoms with Crippen LogP contribution in [-0.2, 0) is 0 Å². The summed E-state index contributed by atoms with van der Waals surface area (Å²) in [4.78, 5) is 19.3. The predicted molar refractivity (Wildman–Crippen MR) is 84.8 cm³/mol. The van der Waals surface area contributed by atoms with Gasteiger partial charge in [-0.2, -0.15) is 10.1 Å². The Labute approximate surface area is 127 Å². The summed E-state index contributed by atoms with van der Waals surface area (Å²) in [5.41, 5.74) is 1.11. The number of hydrogen-bond acceptors (Lipinski definition) is 5. The average Bonchev–Trinajstić information content (AvgIpc) is 2.92. The second-order valence-electron chi connectivity index (χ2n) is 5.19. The third-order valence-corrected chi connectivity index (χ3v) is 3.29. The van der Waals surface area contributed by atoms with Crippen molar-refractivity contribution < 1.29 is 4.74 Å². The molecule has 0 fully saturated rings. The number of ether oxygens (including phenoxy) is 1. The Hall–Kier alpha value is -2.83. The highest BCUT2D eigenvalue weighted by Crippen LogP contribution is 2.20. The number of rotatable bonds is 4. The smallest absolute Gasteiger partial charge is 0.263 e. The summed E-state index contributed by atoms with van der Waals surface area (Å²) in [6.45, 7) is 3.98. The van der Waals surface area contributed by atoms with E-state index in [9.17, 15) is 4.79 Å². The van der Waals surface area contributed by atoms with Gasteiger partial charge in [0.05, 0.1) is 13.3 Å². The first kappa shape index (κ1) is 14.1. The van der Waals surface area contributed by atoms with Crippen LogP contribution in [0, 0.1) is 0 Å². The van der Waals surface area contributed by atoms with E-state index in [-0.39, 0.29) is 11.6 Å². The van der Waals surface area contributed by atoms with Gasteiger partial charge in [0.2, 0.25) is 5.95 Å². The van der Waals surface area contributed by atoms with Gasteiger partial charge in [-0.3, -0.25) is 9.78 Å². The Morgan fingerprint density at radius 2 is 2.18 bits per heavy atom. The van der Waals surface area contributed by atoms with E-state index in [2.05, 4.69) is 20.4 Å². The summed E-state index contributed by atoms with van der Waals surface area (Å²) in [7, 11) is 1.60. The summed E-state index contributed by atoms with van der Waals surface area (Å²) in [6, 6.07) is 7.52. The molecular formula is C15H17N5O2. The van der Waals surface area contributed by atoms with Crippen molar-refractivity contribution in [3.8, 4) is 5.75 Å². The predicted octanol–water partition coefficient (Wildman–Crippen LogP) is 2.45. The Bertz CT molecular complexity index is 866. The molecular weight excluding hydrogens is 282 g/mol. The zero-order chi connectivity index (χ0) is 15.7. The van der Waals surface area contributed by atoms with E-state index in [4.69, 9.17) is 4.74 Å². The van der Waals surface area contributed by atoms with Crippen molar-refractivity contribution in [2.75, 3.05) is 12.4 Å². The van der Waals surface area contributed by atoms with Crippen LogP contribution in [0.15, 0.2) is 35.3 Å². The van der Waals surface area contributed by atoms with Crippen LogP contribution in [-0.4, -0.2) is 26.9 Å². The quantitative estimate of drug-likeness (QED) is 0.773. The van der Waals surface area contributed by atoms with E-state index in [1.165, 1.54) is 6.20 Å². The lowest BCUT2D eigenvalue weighted by Gasteiger charge is -2.09. The highest BCUT2D eigenvalue weighted by molar-refractivity contribution is 5.75. The zero-order valence-corrected chi connectivity index (χ0v) is 12.6. The fourth-order valence-corrected chi connectivity index (χ4v) is 2.21. The van der Waals surface area contributed by atoms with Gasteiger partial charge in [-0.25, -0.2) is 4.68 Å². The molecule has 0 bridgehead atoms. The molecule has 3 rings (SSSR count). The third-order valence-electron chi connectivity index (χ3n) is 3.29. The zero-order valence-electron chi connectivity index (χ0n) is 12.6. The van der Waals surface area contributed by atoms with Gasteiger partial charge >= 0.3 is 0 Å². The average molecular weight is 299 g/mol. The van der Waals surface area contributed by atoms with Gasteiger partial charge in [0.15, 0.2) is 5.65 Å². The second kappa shape index (κ2) is 5.51. The number of anilines is 2. The third kappa shape index (κ3) is 2.52. The largest absolute Gasteiger partial charge is 0.497 e. The van der Waals surface area contributed by atoms with E-state index in [1.54, 1.807) is 11.8 Å². The van der Waals surface area contributed by atoms with Gasteiger partial charge < -0.3 is 10.1 Å². The molecule has 2 heterocycles. The topological polar surface area (TPSA) is 84.8 Å². The summed E-state index contributed by atoms with van der Waals surface area (Å²) in [6.07, 6.45) is 1.54. The van der Waals surface area contributed by atoms with Gasteiger partial charge in [-0.15, -0.1) is 0 Å². The Morgan fingerprint density at radius 3 is 2.91 bits per heavy atom. The van der Waals surface area contributed by atoms with E-state index < -0.39 is 0 Å². The molecule has 7 heteroatoms. The summed E-state index contributed by atoms with van der Waals surface area (Å²) >= 11 is 0. The molecule has 7 nitrogen and oxygen atoms in total. The van der Waals surface area contributed by atoms with Crippen molar-refractivity contribution in [1.82, 2.24) is 19.7 Å². The number of nitrogens with one attached hydrogen (secondary N) is 2. The minimum Gasteiger partial charge on any atom is -0.497 e. The van der Waals surface area contributed by atoms with Crippen molar-refractivity contribution in [2.24, 2.45) is 0 Å². The number of aromatic amines is 1. The molecule has 114 valence electrons. The van der Waals surface area contributed by atoms with Crippen LogP contribution in [0.4, 0.5) is 11.6 Å². The number of benzene rings is 1. The number of hydrogen-bond donors (Lipinski definition) is 2. The lowest BCUT2D eigenvalue weighted by atomic mass is 10.3. The first-order chi connectivity index (χ1) is 10.6. The van der Waals surface area contributed by atoms with Crippen LogP contribution < -0.4 is 15.6 Å². The highest BCUT2D eigenvalue weighted by Gasteiger charge is 2.12. The Kier molecular flexibility index (Phi) is 3.54. The Morgan fingerprint density at radius 1 is 1.36 bits per heavy atom. The molecule has 0 saturated carbocycles. The fraction of sp³-hybridized carbons (Fsp3) is 0.267. The summed E-state index contributed by atoms with van der Waals surface area (Å²) < 4.78 is 6.90. The molecule has 1 aromatic carbocycles. The van der Waals surface area contributed by atoms with Crippen molar-refractivity contribution in [1.29, 1.82) is 0 Å². The molecule has 0 atom stereocenters. The summed E-state index contributed by atoms with van der Waals surface area (Å²) in [5, 5.41) is 7.77. The molecule has 2 aromatic heterocycles. The van der Waals surface area contributed by atoms with Crippen LogP contribution in [0.2, 0.25) is 0 Å². The SMILES string of the molecule is COc1cccc(Nc2nc3c(cnn3C(C)C)c(=O)[nH]2)c1. The molecule has 0 saturated heterocycles. The molecule has 22 heavy (non-hydrogen) atoms. The molecule has 0 aliphatic heterocycles. The molecule has 0 aliphatic rings. The number of methoxy groups -OCH3 is 1. The van der Waals surface area contributed by atoms with Crippen LogP contribution in [0.1, 0.15) is 19.9 Å². The van der Waals surface area contributed by atoms with E-state index in [0.717, 1.165) is 11.4 Å². The molecule has 0 unspecified atom stereocenters. The van der Waals surface area contributed by atoms with Crippen molar-refractivity contribution in [3.05, 3.63) is 40.8 Å². The standard InChI is InChI=1S/C15H17N5O2/c1-9(2)20-13-12(8-16-20)14(21)19-15(18-13)17-10-5-4-6-11(7-10)22-3/h4-9H,1-3H3,(H2,17,18,19,21). The second-order valence-corrected chi connectivity index (χ2v) is 5.19. The first-order valence-electron chi connectivity index (χ1n) is 6.97. The number of nitrogens with zero attached hydrogens (tertiary/aromatic N) is 3. The maximum atomic E-state index is 12.1. The molecule has 3 aromatic rings. The maximum absolute atomic E-state index is 12.1. The molecule has 0 radical (unpaired) electrons. The van der Waals surface area contributed by atoms with Crippen molar-refractivity contribution in [2.45, 2.75) is 19.9 Å². The van der Waals surface area contributed by atoms with Gasteiger partial charge in [-0.1, -0.05) is 6.07 Å². The monoisotopic (exact) mass is 299 g/mol. The Balaban J connectivity index is 2.03. The normalized spacial score (nSPS) is 11.1. The van der Waals surface area contributed by atoms with Gasteiger partial charge in [0.25, 0.3) is 5.56 Å². The molecule has 2 N–H and O–H groups in total. The van der Waals surface area contributed by atoms with Crippen molar-refractivity contribution in [3.63, 3.8) is 0 Å². The van der Waals surface area contributed by atoms with E-state index in [1.807, 2.05) is 38.1 Å². The highest BCUT2D eigenvalue weighted by atomic mass is 16.5. The first-order valence-corrected chi connectivity index (χ1v) is 6.97. The summed E-state index contributed by atoms with van der Waals surface area (Å²) in [5.74, 6) is 1.09. The van der Waals surface area contributed by atoms with Gasteiger partial charge in [-0.05, 0) is 26.0 Å². The minimum atomic E-state index is -0.220. The van der Waals surface area contributed by atoms with Crippen LogP contribution in [0.25, 0.3) is 11.0 Å². The van der Waals surface area contributed by atoms with Gasteiger partial charge in [0.1, 0.15) is 11.1 Å². The minimum absolute atomic E-state index is 0.122. The van der Waals surface area contributed by atoms with E-state index >= 15 is 0 Å². The van der Waals surface area contributed by atoms with Gasteiger partial charge in [0, 0.05) is 17.8 Å². The van der Waals surface area contributed by atoms with Crippen molar-refractivity contribution >= 4 is 22.7 Å². The molecule has 0 aliphatic carbocycles. The number of H-pyrrole nitrogens is 1. The number of aromatic nitrogens is 4.